The van der Waals surface area contributed by atoms with Crippen LogP contribution in [0.15, 0.2) is 41.5 Å². The lowest BCUT2D eigenvalue weighted by Gasteiger charge is -2.11. The summed E-state index contributed by atoms with van der Waals surface area (Å²) in [5.74, 6) is -0.287. The summed E-state index contributed by atoms with van der Waals surface area (Å²) in [4.78, 5) is 11.6. The predicted octanol–water partition coefficient (Wildman–Crippen LogP) is 2.90. The second-order valence-corrected chi connectivity index (χ2v) is 4.27. The molecule has 1 unspecified atom stereocenters. The van der Waals surface area contributed by atoms with Crippen molar-refractivity contribution in [3.63, 3.8) is 0 Å². The lowest BCUT2D eigenvalue weighted by atomic mass is 9.96. The molecule has 0 spiro atoms. The van der Waals surface area contributed by atoms with Crippen LogP contribution in [0.2, 0.25) is 0 Å². The van der Waals surface area contributed by atoms with E-state index in [1.165, 1.54) is 24.3 Å². The Morgan fingerprint density at radius 2 is 2.11 bits per heavy atom. The number of carbonyl (C=O) groups is 1. The van der Waals surface area contributed by atoms with E-state index in [9.17, 15) is 9.18 Å². The van der Waals surface area contributed by atoms with Gasteiger partial charge in [-0.3, -0.25) is 4.79 Å². The van der Waals surface area contributed by atoms with Gasteiger partial charge in [-0.15, -0.1) is 0 Å². The Balaban J connectivity index is 1.86. The fraction of sp³-hybridized carbons (Fsp3) is 0.286. The van der Waals surface area contributed by atoms with Crippen LogP contribution in [-0.4, -0.2) is 12.1 Å². The third kappa shape index (κ3) is 3.52. The van der Waals surface area contributed by atoms with Crippen LogP contribution in [0.4, 0.5) is 4.39 Å². The van der Waals surface area contributed by atoms with Gasteiger partial charge < -0.3 is 0 Å². The van der Waals surface area contributed by atoms with Crippen molar-refractivity contribution in [3.05, 3.63) is 47.8 Å². The number of rotatable bonds is 3. The Morgan fingerprint density at radius 1 is 1.33 bits per heavy atom. The molecule has 4 heteroatoms. The minimum Gasteiger partial charge on any atom is -0.267 e. The first-order valence-corrected chi connectivity index (χ1v) is 6.00. The average molecular weight is 246 g/mol. The van der Waals surface area contributed by atoms with Crippen molar-refractivity contribution >= 4 is 12.1 Å². The smallest absolute Gasteiger partial charge is 0.267 e. The van der Waals surface area contributed by atoms with Gasteiger partial charge in [-0.2, -0.15) is 5.10 Å². The van der Waals surface area contributed by atoms with Crippen LogP contribution in [0.5, 0.6) is 0 Å². The molecule has 0 bridgehead atoms. The number of amides is 1. The van der Waals surface area contributed by atoms with E-state index in [4.69, 9.17) is 0 Å². The van der Waals surface area contributed by atoms with Gasteiger partial charge in [-0.05, 0) is 49.4 Å². The normalized spacial score (nSPS) is 19.1. The van der Waals surface area contributed by atoms with Crippen LogP contribution in [0.1, 0.15) is 29.6 Å². The van der Waals surface area contributed by atoms with Crippen molar-refractivity contribution in [2.75, 3.05) is 0 Å². The van der Waals surface area contributed by atoms with Crippen molar-refractivity contribution in [3.8, 4) is 0 Å². The van der Waals surface area contributed by atoms with Gasteiger partial charge in [0.1, 0.15) is 5.82 Å². The zero-order chi connectivity index (χ0) is 12.8. The lowest BCUT2D eigenvalue weighted by molar-refractivity contribution is 0.0955. The highest BCUT2D eigenvalue weighted by molar-refractivity contribution is 5.94. The molecule has 1 N–H and O–H groups in total. The van der Waals surface area contributed by atoms with Gasteiger partial charge in [0.15, 0.2) is 0 Å². The van der Waals surface area contributed by atoms with Crippen LogP contribution in [0.3, 0.4) is 0 Å². The van der Waals surface area contributed by atoms with E-state index in [0.717, 1.165) is 19.3 Å². The first kappa shape index (κ1) is 12.5. The predicted molar refractivity (Wildman–Crippen MR) is 68.8 cm³/mol. The van der Waals surface area contributed by atoms with E-state index in [2.05, 4.69) is 22.7 Å². The van der Waals surface area contributed by atoms with Gasteiger partial charge in [0.2, 0.25) is 0 Å². The molecule has 0 fully saturated rings. The molecule has 1 amide bonds. The summed E-state index contributed by atoms with van der Waals surface area (Å²) in [5.41, 5.74) is 2.85. The molecular formula is C14H15FN2O. The van der Waals surface area contributed by atoms with E-state index in [-0.39, 0.29) is 11.7 Å². The van der Waals surface area contributed by atoms with E-state index in [1.54, 1.807) is 6.21 Å². The van der Waals surface area contributed by atoms with Gasteiger partial charge in [-0.1, -0.05) is 12.2 Å². The van der Waals surface area contributed by atoms with E-state index < -0.39 is 0 Å². The largest absolute Gasteiger partial charge is 0.271 e. The first-order valence-electron chi connectivity index (χ1n) is 6.00. The highest BCUT2D eigenvalue weighted by Gasteiger charge is 2.07. The van der Waals surface area contributed by atoms with Crippen molar-refractivity contribution in [1.82, 2.24) is 5.43 Å². The molecule has 0 aromatic heterocycles. The van der Waals surface area contributed by atoms with Crippen molar-refractivity contribution in [1.29, 1.82) is 0 Å². The number of hydrogen-bond donors (Lipinski definition) is 1. The molecule has 1 aromatic rings. The fourth-order valence-corrected chi connectivity index (χ4v) is 1.82. The number of halogens is 1. The molecule has 0 radical (unpaired) electrons. The molecule has 0 heterocycles. The average Bonchev–Trinajstić information content (AvgIpc) is 2.40. The number of benzene rings is 1. The maximum Gasteiger partial charge on any atom is 0.271 e. The molecule has 3 nitrogen and oxygen atoms in total. The molecule has 1 aliphatic rings. The molecule has 1 atom stereocenters. The Morgan fingerprint density at radius 3 is 2.78 bits per heavy atom. The molecule has 0 saturated carbocycles. The molecule has 0 aliphatic heterocycles. The van der Waals surface area contributed by atoms with E-state index in [0.29, 0.717) is 11.5 Å². The summed E-state index contributed by atoms with van der Waals surface area (Å²) in [6.45, 7) is 0. The quantitative estimate of drug-likeness (QED) is 0.497. The number of nitrogens with one attached hydrogen (secondary N) is 1. The molecule has 94 valence electrons. The van der Waals surface area contributed by atoms with Gasteiger partial charge in [0.25, 0.3) is 5.91 Å². The van der Waals surface area contributed by atoms with Crippen LogP contribution in [-0.2, 0) is 0 Å². The van der Waals surface area contributed by atoms with Gasteiger partial charge in [-0.25, -0.2) is 9.82 Å². The minimum absolute atomic E-state index is 0.322. The van der Waals surface area contributed by atoms with Crippen LogP contribution in [0, 0.1) is 11.7 Å². The van der Waals surface area contributed by atoms with Gasteiger partial charge in [0, 0.05) is 11.8 Å². The summed E-state index contributed by atoms with van der Waals surface area (Å²) in [6.07, 6.45) is 9.14. The Kier molecular flexibility index (Phi) is 4.23. The number of hydrogen-bond acceptors (Lipinski definition) is 2. The monoisotopic (exact) mass is 246 g/mol. The summed E-state index contributed by atoms with van der Waals surface area (Å²) in [5, 5.41) is 3.94. The maximum atomic E-state index is 12.7. The summed E-state index contributed by atoms with van der Waals surface area (Å²) in [7, 11) is 0. The number of hydrazone groups is 1. The summed E-state index contributed by atoms with van der Waals surface area (Å²) >= 11 is 0. The third-order valence-electron chi connectivity index (χ3n) is 2.87. The lowest BCUT2D eigenvalue weighted by Crippen LogP contribution is -2.18. The molecular weight excluding hydrogens is 231 g/mol. The summed E-state index contributed by atoms with van der Waals surface area (Å²) < 4.78 is 12.7. The molecule has 1 aromatic carbocycles. The molecule has 2 rings (SSSR count). The minimum atomic E-state index is -0.357. The zero-order valence-electron chi connectivity index (χ0n) is 9.97. The van der Waals surface area contributed by atoms with E-state index >= 15 is 0 Å². The van der Waals surface area contributed by atoms with Crippen LogP contribution < -0.4 is 5.43 Å². The first-order chi connectivity index (χ1) is 8.75. The van der Waals surface area contributed by atoms with Crippen molar-refractivity contribution in [2.45, 2.75) is 19.3 Å². The van der Waals surface area contributed by atoms with Crippen molar-refractivity contribution < 1.29 is 9.18 Å². The van der Waals surface area contributed by atoms with E-state index in [1.807, 2.05) is 0 Å². The van der Waals surface area contributed by atoms with Gasteiger partial charge in [0.05, 0.1) is 0 Å². The highest BCUT2D eigenvalue weighted by atomic mass is 19.1. The Hall–Kier alpha value is -1.97. The molecule has 0 saturated heterocycles. The van der Waals surface area contributed by atoms with Crippen molar-refractivity contribution in [2.24, 2.45) is 11.0 Å². The standard InChI is InChI=1S/C14H15FN2O/c15-13-8-6-12(7-9-13)14(18)17-16-10-11-4-2-1-3-5-11/h1-2,6-11H,3-5H2,(H,17,18)/b16-10+. The second-order valence-electron chi connectivity index (χ2n) is 4.27. The summed E-state index contributed by atoms with van der Waals surface area (Å²) in [6, 6.07) is 5.38. The topological polar surface area (TPSA) is 41.5 Å². The zero-order valence-corrected chi connectivity index (χ0v) is 9.97. The number of carbonyl (C=O) groups excluding carboxylic acids is 1. The Bertz CT molecular complexity index is 465. The van der Waals surface area contributed by atoms with Crippen LogP contribution in [0.25, 0.3) is 0 Å². The maximum absolute atomic E-state index is 12.7. The molecule has 1 aliphatic carbocycles. The third-order valence-corrected chi connectivity index (χ3v) is 2.87. The second kappa shape index (κ2) is 6.10. The Labute approximate surface area is 105 Å². The van der Waals surface area contributed by atoms with Crippen LogP contribution >= 0.6 is 0 Å². The number of allylic oxidation sites excluding steroid dienone is 2. The number of nitrogens with zero attached hydrogens (tertiary/aromatic N) is 1. The highest BCUT2D eigenvalue weighted by Crippen LogP contribution is 2.15. The SMILES string of the molecule is O=C(N/N=C/C1CC=CCC1)c1ccc(F)cc1. The van der Waals surface area contributed by atoms with Gasteiger partial charge >= 0.3 is 0 Å². The molecule has 18 heavy (non-hydrogen) atoms. The fourth-order valence-electron chi connectivity index (χ4n) is 1.82.